The monoisotopic (exact) mass is 248 g/mol. The maximum atomic E-state index is 5.71. The van der Waals surface area contributed by atoms with Crippen LogP contribution in [0.25, 0.3) is 0 Å². The fraction of sp³-hybridized carbons (Fsp3) is 0.308. The third-order valence-corrected chi connectivity index (χ3v) is 3.39. The molecule has 0 spiro atoms. The van der Waals surface area contributed by atoms with Gasteiger partial charge in [-0.15, -0.1) is 11.3 Å². The standard InChI is InChI=1S/C13H16N2OS/c1-10(14-2)11-4-3-5-12(8-11)16-9-13-15-6-7-17-13/h3-8,10,14H,9H2,1-2H3. The molecule has 0 aliphatic rings. The normalized spacial score (nSPS) is 12.4. The molecule has 0 saturated carbocycles. The molecule has 0 bridgehead atoms. The van der Waals surface area contributed by atoms with Gasteiger partial charge in [0.2, 0.25) is 0 Å². The van der Waals surface area contributed by atoms with Crippen LogP contribution in [0.4, 0.5) is 0 Å². The molecule has 0 aliphatic carbocycles. The number of rotatable bonds is 5. The van der Waals surface area contributed by atoms with Gasteiger partial charge < -0.3 is 10.1 Å². The maximum absolute atomic E-state index is 5.71. The van der Waals surface area contributed by atoms with E-state index in [9.17, 15) is 0 Å². The lowest BCUT2D eigenvalue weighted by Gasteiger charge is -2.12. The molecule has 2 aromatic rings. The van der Waals surface area contributed by atoms with Gasteiger partial charge in [-0.1, -0.05) is 12.1 Å². The van der Waals surface area contributed by atoms with Gasteiger partial charge in [-0.2, -0.15) is 0 Å². The first kappa shape index (κ1) is 12.1. The number of nitrogens with zero attached hydrogens (tertiary/aromatic N) is 1. The van der Waals surface area contributed by atoms with Crippen LogP contribution in [-0.4, -0.2) is 12.0 Å². The van der Waals surface area contributed by atoms with E-state index in [0.717, 1.165) is 10.8 Å². The Morgan fingerprint density at radius 2 is 2.35 bits per heavy atom. The zero-order chi connectivity index (χ0) is 12.1. The van der Waals surface area contributed by atoms with Crippen molar-refractivity contribution in [3.05, 3.63) is 46.4 Å². The van der Waals surface area contributed by atoms with E-state index in [2.05, 4.69) is 29.4 Å². The van der Waals surface area contributed by atoms with Crippen molar-refractivity contribution in [2.75, 3.05) is 7.05 Å². The summed E-state index contributed by atoms with van der Waals surface area (Å²) in [6.07, 6.45) is 1.79. The summed E-state index contributed by atoms with van der Waals surface area (Å²) in [5, 5.41) is 6.17. The second-order valence-electron chi connectivity index (χ2n) is 3.80. The van der Waals surface area contributed by atoms with Crippen molar-refractivity contribution in [3.63, 3.8) is 0 Å². The molecule has 0 saturated heterocycles. The van der Waals surface area contributed by atoms with Crippen LogP contribution in [0.2, 0.25) is 0 Å². The number of thiazole rings is 1. The van der Waals surface area contributed by atoms with Crippen LogP contribution in [0.15, 0.2) is 35.8 Å². The molecule has 0 amide bonds. The SMILES string of the molecule is CNC(C)c1cccc(OCc2nccs2)c1. The Morgan fingerprint density at radius 3 is 3.06 bits per heavy atom. The first-order valence-corrected chi connectivity index (χ1v) is 6.46. The highest BCUT2D eigenvalue weighted by Gasteiger charge is 2.04. The Bertz CT molecular complexity index is 456. The smallest absolute Gasteiger partial charge is 0.140 e. The average Bonchev–Trinajstić information content (AvgIpc) is 2.89. The number of nitrogens with one attached hydrogen (secondary N) is 1. The largest absolute Gasteiger partial charge is 0.486 e. The molecular weight excluding hydrogens is 232 g/mol. The minimum atomic E-state index is 0.332. The lowest BCUT2D eigenvalue weighted by atomic mass is 10.1. The summed E-state index contributed by atoms with van der Waals surface area (Å²) in [5.74, 6) is 0.889. The van der Waals surface area contributed by atoms with Crippen molar-refractivity contribution in [1.82, 2.24) is 10.3 Å². The number of benzene rings is 1. The summed E-state index contributed by atoms with van der Waals surface area (Å²) in [6.45, 7) is 2.66. The highest BCUT2D eigenvalue weighted by Crippen LogP contribution is 2.20. The quantitative estimate of drug-likeness (QED) is 0.883. The second kappa shape index (κ2) is 5.80. The molecule has 0 aliphatic heterocycles. The topological polar surface area (TPSA) is 34.1 Å². The number of aromatic nitrogens is 1. The molecule has 1 atom stereocenters. The van der Waals surface area contributed by atoms with E-state index in [1.54, 1.807) is 17.5 Å². The summed E-state index contributed by atoms with van der Waals surface area (Å²) >= 11 is 1.61. The van der Waals surface area contributed by atoms with Gasteiger partial charge in [-0.3, -0.25) is 0 Å². The zero-order valence-electron chi connectivity index (χ0n) is 10.0. The van der Waals surface area contributed by atoms with Crippen LogP contribution in [0.3, 0.4) is 0 Å². The molecule has 0 radical (unpaired) electrons. The molecule has 3 nitrogen and oxygen atoms in total. The van der Waals surface area contributed by atoms with Crippen molar-refractivity contribution >= 4 is 11.3 Å². The molecule has 4 heteroatoms. The molecule has 1 aromatic carbocycles. The lowest BCUT2D eigenvalue weighted by molar-refractivity contribution is 0.305. The van der Waals surface area contributed by atoms with Gasteiger partial charge in [0, 0.05) is 17.6 Å². The van der Waals surface area contributed by atoms with E-state index in [4.69, 9.17) is 4.74 Å². The van der Waals surface area contributed by atoms with Gasteiger partial charge in [0.25, 0.3) is 0 Å². The first-order chi connectivity index (χ1) is 8.29. The first-order valence-electron chi connectivity index (χ1n) is 5.58. The minimum Gasteiger partial charge on any atom is -0.486 e. The Balaban J connectivity index is 2.01. The molecule has 1 aromatic heterocycles. The summed E-state index contributed by atoms with van der Waals surface area (Å²) < 4.78 is 5.71. The number of ether oxygens (including phenoxy) is 1. The summed E-state index contributed by atoms with van der Waals surface area (Å²) in [6, 6.07) is 8.48. The van der Waals surface area contributed by atoms with Gasteiger partial charge in [0.05, 0.1) is 0 Å². The van der Waals surface area contributed by atoms with E-state index in [1.807, 2.05) is 24.6 Å². The molecule has 2 rings (SSSR count). The van der Waals surface area contributed by atoms with Crippen LogP contribution in [-0.2, 0) is 6.61 Å². The Kier molecular flexibility index (Phi) is 4.12. The highest BCUT2D eigenvalue weighted by molar-refractivity contribution is 7.09. The maximum Gasteiger partial charge on any atom is 0.140 e. The summed E-state index contributed by atoms with van der Waals surface area (Å²) in [7, 11) is 1.95. The molecular formula is C13H16N2OS. The van der Waals surface area contributed by atoms with Gasteiger partial charge in [-0.05, 0) is 31.7 Å². The van der Waals surface area contributed by atoms with E-state index >= 15 is 0 Å². The zero-order valence-corrected chi connectivity index (χ0v) is 10.8. The van der Waals surface area contributed by atoms with Gasteiger partial charge in [-0.25, -0.2) is 4.98 Å². The fourth-order valence-electron chi connectivity index (χ4n) is 1.51. The Labute approximate surface area is 105 Å². The highest BCUT2D eigenvalue weighted by atomic mass is 32.1. The molecule has 1 N–H and O–H groups in total. The fourth-order valence-corrected chi connectivity index (χ4v) is 2.04. The number of hydrogen-bond donors (Lipinski definition) is 1. The average molecular weight is 248 g/mol. The van der Waals surface area contributed by atoms with Crippen LogP contribution in [0, 0.1) is 0 Å². The summed E-state index contributed by atoms with van der Waals surface area (Å²) in [4.78, 5) is 4.19. The Morgan fingerprint density at radius 1 is 1.47 bits per heavy atom. The lowest BCUT2D eigenvalue weighted by Crippen LogP contribution is -2.12. The summed E-state index contributed by atoms with van der Waals surface area (Å²) in [5.41, 5.74) is 1.23. The third-order valence-electron chi connectivity index (χ3n) is 2.64. The van der Waals surface area contributed by atoms with E-state index in [-0.39, 0.29) is 0 Å². The van der Waals surface area contributed by atoms with Crippen LogP contribution in [0.5, 0.6) is 5.75 Å². The minimum absolute atomic E-state index is 0.332. The van der Waals surface area contributed by atoms with Gasteiger partial charge in [0.15, 0.2) is 0 Å². The van der Waals surface area contributed by atoms with Crippen molar-refractivity contribution in [2.45, 2.75) is 19.6 Å². The molecule has 1 unspecified atom stereocenters. The van der Waals surface area contributed by atoms with Crippen molar-refractivity contribution in [2.24, 2.45) is 0 Å². The van der Waals surface area contributed by atoms with Crippen LogP contribution < -0.4 is 10.1 Å². The van der Waals surface area contributed by atoms with Crippen molar-refractivity contribution in [3.8, 4) is 5.75 Å². The van der Waals surface area contributed by atoms with Crippen molar-refractivity contribution < 1.29 is 4.74 Å². The van der Waals surface area contributed by atoms with Crippen LogP contribution in [0.1, 0.15) is 23.5 Å². The molecule has 1 heterocycles. The van der Waals surface area contributed by atoms with Gasteiger partial charge in [0.1, 0.15) is 17.4 Å². The predicted octanol–water partition coefficient (Wildman–Crippen LogP) is 3.00. The number of hydrogen-bond acceptors (Lipinski definition) is 4. The molecule has 0 fully saturated rings. The van der Waals surface area contributed by atoms with Crippen LogP contribution >= 0.6 is 11.3 Å². The van der Waals surface area contributed by atoms with E-state index < -0.39 is 0 Å². The van der Waals surface area contributed by atoms with E-state index in [0.29, 0.717) is 12.6 Å². The Hall–Kier alpha value is -1.39. The predicted molar refractivity (Wildman–Crippen MR) is 70.4 cm³/mol. The molecule has 17 heavy (non-hydrogen) atoms. The van der Waals surface area contributed by atoms with Gasteiger partial charge >= 0.3 is 0 Å². The molecule has 90 valence electrons. The third kappa shape index (κ3) is 3.28. The van der Waals surface area contributed by atoms with Crippen molar-refractivity contribution in [1.29, 1.82) is 0 Å². The second-order valence-corrected chi connectivity index (χ2v) is 4.78. The van der Waals surface area contributed by atoms with E-state index in [1.165, 1.54) is 5.56 Å².